The topological polar surface area (TPSA) is 117 Å². The van der Waals surface area contributed by atoms with Gasteiger partial charge < -0.3 is 10.1 Å². The highest BCUT2D eigenvalue weighted by Gasteiger charge is 2.34. The number of aromatic amines is 1. The molecule has 0 aliphatic carbocycles. The van der Waals surface area contributed by atoms with Crippen LogP contribution in [0.3, 0.4) is 0 Å². The quantitative estimate of drug-likeness (QED) is 0.318. The Kier molecular flexibility index (Phi) is 8.32. The number of piperidine rings is 1. The minimum atomic E-state index is -3.86. The Labute approximate surface area is 213 Å². The molecule has 0 spiro atoms. The van der Waals surface area contributed by atoms with Gasteiger partial charge in [0.25, 0.3) is 0 Å². The summed E-state index contributed by atoms with van der Waals surface area (Å²) >= 11 is 7.46. The SMILES string of the molecule is COc1ccc(Cl)cc1S(=O)(=O)N1CCCC(C(=O)NCCSc2n[nH]c(-c3ccccc3)n2)C1. The van der Waals surface area contributed by atoms with Crippen LogP contribution in [0.15, 0.2) is 58.6 Å². The van der Waals surface area contributed by atoms with Gasteiger partial charge in [0.15, 0.2) is 5.82 Å². The van der Waals surface area contributed by atoms with Gasteiger partial charge in [-0.15, -0.1) is 5.10 Å². The number of aromatic nitrogens is 3. The average molecular weight is 536 g/mol. The number of methoxy groups -OCH3 is 1. The first kappa shape index (κ1) is 25.5. The van der Waals surface area contributed by atoms with Crippen LogP contribution in [-0.4, -0.2) is 66.3 Å². The number of nitrogens with one attached hydrogen (secondary N) is 2. The van der Waals surface area contributed by atoms with E-state index < -0.39 is 15.9 Å². The first-order valence-corrected chi connectivity index (χ1v) is 13.9. The molecule has 3 aromatic rings. The number of hydrogen-bond acceptors (Lipinski definition) is 7. The van der Waals surface area contributed by atoms with Crippen molar-refractivity contribution in [1.82, 2.24) is 24.8 Å². The highest BCUT2D eigenvalue weighted by Crippen LogP contribution is 2.32. The van der Waals surface area contributed by atoms with Gasteiger partial charge in [-0.2, -0.15) is 4.31 Å². The molecule has 1 aromatic heterocycles. The molecular formula is C23H26ClN5O4S2. The minimum absolute atomic E-state index is 0.00586. The second-order valence-electron chi connectivity index (χ2n) is 7.97. The van der Waals surface area contributed by atoms with Crippen molar-refractivity contribution in [2.24, 2.45) is 5.92 Å². The van der Waals surface area contributed by atoms with Crippen molar-refractivity contribution in [2.45, 2.75) is 22.9 Å². The molecule has 2 heterocycles. The summed E-state index contributed by atoms with van der Waals surface area (Å²) in [6.07, 6.45) is 1.22. The summed E-state index contributed by atoms with van der Waals surface area (Å²) in [6, 6.07) is 14.2. The second kappa shape index (κ2) is 11.4. The number of halogens is 1. The fraction of sp³-hybridized carbons (Fsp3) is 0.348. The van der Waals surface area contributed by atoms with E-state index in [2.05, 4.69) is 20.5 Å². The van der Waals surface area contributed by atoms with Crippen LogP contribution in [0.2, 0.25) is 5.02 Å². The van der Waals surface area contributed by atoms with Crippen LogP contribution < -0.4 is 10.1 Å². The van der Waals surface area contributed by atoms with Crippen molar-refractivity contribution in [3.8, 4) is 17.1 Å². The number of sulfonamides is 1. The van der Waals surface area contributed by atoms with Gasteiger partial charge >= 0.3 is 0 Å². The van der Waals surface area contributed by atoms with E-state index >= 15 is 0 Å². The smallest absolute Gasteiger partial charge is 0.246 e. The third-order valence-electron chi connectivity index (χ3n) is 5.64. The maximum atomic E-state index is 13.2. The number of nitrogens with zero attached hydrogens (tertiary/aromatic N) is 3. The largest absolute Gasteiger partial charge is 0.495 e. The van der Waals surface area contributed by atoms with Crippen molar-refractivity contribution < 1.29 is 17.9 Å². The lowest BCUT2D eigenvalue weighted by molar-refractivity contribution is -0.125. The molecule has 1 fully saturated rings. The van der Waals surface area contributed by atoms with E-state index in [1.165, 1.54) is 35.3 Å². The highest BCUT2D eigenvalue weighted by atomic mass is 35.5. The van der Waals surface area contributed by atoms with Crippen LogP contribution in [0, 0.1) is 5.92 Å². The van der Waals surface area contributed by atoms with E-state index in [9.17, 15) is 13.2 Å². The van der Waals surface area contributed by atoms with Gasteiger partial charge in [-0.05, 0) is 31.0 Å². The third-order valence-corrected chi connectivity index (χ3v) is 8.61. The molecule has 186 valence electrons. The van der Waals surface area contributed by atoms with Crippen LogP contribution >= 0.6 is 23.4 Å². The van der Waals surface area contributed by atoms with Crippen molar-refractivity contribution in [2.75, 3.05) is 32.5 Å². The van der Waals surface area contributed by atoms with Gasteiger partial charge in [0, 0.05) is 36.0 Å². The molecule has 0 saturated carbocycles. The van der Waals surface area contributed by atoms with Gasteiger partial charge in [-0.3, -0.25) is 9.89 Å². The average Bonchev–Trinajstić information content (AvgIpc) is 3.36. The Bertz CT molecular complexity index is 1270. The van der Waals surface area contributed by atoms with E-state index in [1.807, 2.05) is 30.3 Å². The Hall–Kier alpha value is -2.60. The van der Waals surface area contributed by atoms with Gasteiger partial charge in [0.2, 0.25) is 21.1 Å². The number of thioether (sulfide) groups is 1. The van der Waals surface area contributed by atoms with E-state index in [1.54, 1.807) is 6.07 Å². The summed E-state index contributed by atoms with van der Waals surface area (Å²) in [4.78, 5) is 17.2. The molecule has 9 nitrogen and oxygen atoms in total. The van der Waals surface area contributed by atoms with Crippen LogP contribution in [0.4, 0.5) is 0 Å². The highest BCUT2D eigenvalue weighted by molar-refractivity contribution is 7.99. The fourth-order valence-corrected chi connectivity index (χ4v) is 6.46. The van der Waals surface area contributed by atoms with Gasteiger partial charge in [-0.1, -0.05) is 53.7 Å². The number of carbonyl (C=O) groups excluding carboxylic acids is 1. The number of benzene rings is 2. The van der Waals surface area contributed by atoms with Gasteiger partial charge in [-0.25, -0.2) is 13.4 Å². The Morgan fingerprint density at radius 1 is 1.29 bits per heavy atom. The molecule has 1 aliphatic rings. The van der Waals surface area contributed by atoms with Crippen LogP contribution in [0.5, 0.6) is 5.75 Å². The predicted molar refractivity (Wildman–Crippen MR) is 135 cm³/mol. The third kappa shape index (κ3) is 6.16. The molecule has 12 heteroatoms. The molecular weight excluding hydrogens is 510 g/mol. The number of hydrogen-bond donors (Lipinski definition) is 2. The maximum absolute atomic E-state index is 13.2. The number of H-pyrrole nitrogens is 1. The summed E-state index contributed by atoms with van der Waals surface area (Å²) in [6.45, 7) is 0.870. The number of ether oxygens (including phenoxy) is 1. The molecule has 2 aromatic carbocycles. The summed E-state index contributed by atoms with van der Waals surface area (Å²) < 4.78 is 33.0. The first-order valence-electron chi connectivity index (χ1n) is 11.1. The molecule has 1 amide bonds. The molecule has 0 radical (unpaired) electrons. The zero-order valence-corrected chi connectivity index (χ0v) is 21.5. The zero-order valence-electron chi connectivity index (χ0n) is 19.1. The molecule has 1 saturated heterocycles. The Morgan fingerprint density at radius 2 is 2.09 bits per heavy atom. The van der Waals surface area contributed by atoms with Crippen molar-refractivity contribution in [3.05, 3.63) is 53.6 Å². The van der Waals surface area contributed by atoms with Crippen LogP contribution in [-0.2, 0) is 14.8 Å². The summed E-state index contributed by atoms with van der Waals surface area (Å²) in [5.74, 6) is 0.912. The molecule has 35 heavy (non-hydrogen) atoms. The maximum Gasteiger partial charge on any atom is 0.246 e. The normalized spacial score (nSPS) is 16.7. The zero-order chi connectivity index (χ0) is 24.8. The van der Waals surface area contributed by atoms with Gasteiger partial charge in [0.1, 0.15) is 10.6 Å². The van der Waals surface area contributed by atoms with Crippen molar-refractivity contribution in [3.63, 3.8) is 0 Å². The Balaban J connectivity index is 1.30. The minimum Gasteiger partial charge on any atom is -0.495 e. The molecule has 4 rings (SSSR count). The molecule has 0 bridgehead atoms. The summed E-state index contributed by atoms with van der Waals surface area (Å²) in [5.41, 5.74) is 0.951. The lowest BCUT2D eigenvalue weighted by Crippen LogP contribution is -2.45. The second-order valence-corrected chi connectivity index (χ2v) is 11.4. The van der Waals surface area contributed by atoms with E-state index in [4.69, 9.17) is 16.3 Å². The van der Waals surface area contributed by atoms with Crippen LogP contribution in [0.1, 0.15) is 12.8 Å². The Morgan fingerprint density at radius 3 is 2.86 bits per heavy atom. The lowest BCUT2D eigenvalue weighted by atomic mass is 9.99. The number of carbonyl (C=O) groups is 1. The van der Waals surface area contributed by atoms with Crippen molar-refractivity contribution >= 4 is 39.3 Å². The summed E-state index contributed by atoms with van der Waals surface area (Å²) in [7, 11) is -2.45. The molecule has 1 aliphatic heterocycles. The van der Waals surface area contributed by atoms with Crippen molar-refractivity contribution in [1.29, 1.82) is 0 Å². The lowest BCUT2D eigenvalue weighted by Gasteiger charge is -2.31. The van der Waals surface area contributed by atoms with E-state index in [0.717, 1.165) is 5.56 Å². The number of amides is 1. The standard InChI is InChI=1S/C23H26ClN5O4S2/c1-33-19-10-9-18(24)14-20(19)35(31,32)29-12-5-8-17(15-29)22(30)25-11-13-34-23-26-21(27-28-23)16-6-3-2-4-7-16/h2-4,6-7,9-10,14,17H,5,8,11-13,15H2,1H3,(H,25,30)(H,26,27,28). The van der Waals surface area contributed by atoms with E-state index in [-0.39, 0.29) is 23.1 Å². The predicted octanol–water partition coefficient (Wildman–Crippen LogP) is 3.44. The summed E-state index contributed by atoms with van der Waals surface area (Å²) in [5, 5.41) is 10.9. The monoisotopic (exact) mass is 535 g/mol. The van der Waals surface area contributed by atoms with Gasteiger partial charge in [0.05, 0.1) is 13.0 Å². The molecule has 1 atom stereocenters. The van der Waals surface area contributed by atoms with Crippen LogP contribution in [0.25, 0.3) is 11.4 Å². The fourth-order valence-electron chi connectivity index (χ4n) is 3.86. The molecule has 2 N–H and O–H groups in total. The van der Waals surface area contributed by atoms with E-state index in [0.29, 0.717) is 47.7 Å². The number of rotatable bonds is 9. The first-order chi connectivity index (χ1) is 16.9. The molecule has 1 unspecified atom stereocenters.